The van der Waals surface area contributed by atoms with Crippen LogP contribution in [-0.4, -0.2) is 42.0 Å². The van der Waals surface area contributed by atoms with Gasteiger partial charge < -0.3 is 20.6 Å². The summed E-state index contributed by atoms with van der Waals surface area (Å²) in [5, 5.41) is 12.3. The number of hydrogen-bond donors (Lipinski definition) is 2. The minimum absolute atomic E-state index is 0.127. The quantitative estimate of drug-likeness (QED) is 0.386. The Morgan fingerprint density at radius 1 is 1.57 bits per heavy atom. The molecule has 0 saturated carbocycles. The van der Waals surface area contributed by atoms with Crippen molar-refractivity contribution in [2.45, 2.75) is 12.8 Å². The van der Waals surface area contributed by atoms with Crippen LogP contribution in [0.15, 0.2) is 23.4 Å². The van der Waals surface area contributed by atoms with Gasteiger partial charge in [-0.2, -0.15) is 0 Å². The van der Waals surface area contributed by atoms with Gasteiger partial charge in [-0.1, -0.05) is 16.8 Å². The summed E-state index contributed by atoms with van der Waals surface area (Å²) >= 11 is 5.96. The maximum absolute atomic E-state index is 12.6. The molecule has 0 radical (unpaired) electrons. The Bertz CT molecular complexity index is 562. The third kappa shape index (κ3) is 3.39. The van der Waals surface area contributed by atoms with Gasteiger partial charge in [-0.3, -0.25) is 4.79 Å². The highest BCUT2D eigenvalue weighted by atomic mass is 35.5. The monoisotopic (exact) mass is 311 g/mol. The molecule has 0 aromatic heterocycles. The summed E-state index contributed by atoms with van der Waals surface area (Å²) in [4.78, 5) is 14.3. The molecule has 1 fully saturated rings. The Labute approximate surface area is 128 Å². The van der Waals surface area contributed by atoms with Crippen LogP contribution < -0.4 is 10.5 Å². The normalized spacial score (nSPS) is 19.4. The number of nitrogens with zero attached hydrogens (tertiary/aromatic N) is 2. The summed E-state index contributed by atoms with van der Waals surface area (Å²) in [6, 6.07) is 4.93. The number of methoxy groups -OCH3 is 1. The Hall–Kier alpha value is -1.95. The third-order valence-electron chi connectivity index (χ3n) is 3.63. The third-order valence-corrected chi connectivity index (χ3v) is 3.87. The van der Waals surface area contributed by atoms with Crippen molar-refractivity contribution >= 4 is 23.3 Å². The average molecular weight is 312 g/mol. The van der Waals surface area contributed by atoms with Gasteiger partial charge >= 0.3 is 0 Å². The molecule has 1 aromatic carbocycles. The van der Waals surface area contributed by atoms with E-state index in [1.807, 2.05) is 0 Å². The maximum Gasteiger partial charge on any atom is 0.257 e. The van der Waals surface area contributed by atoms with Crippen LogP contribution in [0.1, 0.15) is 23.2 Å². The van der Waals surface area contributed by atoms with E-state index in [4.69, 9.17) is 27.3 Å². The highest BCUT2D eigenvalue weighted by molar-refractivity contribution is 6.31. The number of carbonyl (C=O) groups excluding carboxylic acids is 1. The van der Waals surface area contributed by atoms with Crippen molar-refractivity contribution in [3.05, 3.63) is 28.8 Å². The molecule has 3 N–H and O–H groups in total. The highest BCUT2D eigenvalue weighted by Crippen LogP contribution is 2.26. The fourth-order valence-electron chi connectivity index (χ4n) is 2.50. The summed E-state index contributed by atoms with van der Waals surface area (Å²) < 4.78 is 5.21. The number of nitrogens with two attached hydrogens (primary N) is 1. The van der Waals surface area contributed by atoms with E-state index >= 15 is 0 Å². The van der Waals surface area contributed by atoms with Crippen LogP contribution in [-0.2, 0) is 0 Å². The number of halogens is 1. The number of oxime groups is 1. The van der Waals surface area contributed by atoms with Crippen LogP contribution in [0, 0.1) is 5.92 Å². The predicted octanol–water partition coefficient (Wildman–Crippen LogP) is 1.95. The zero-order chi connectivity index (χ0) is 15.4. The number of ether oxygens (including phenoxy) is 1. The van der Waals surface area contributed by atoms with E-state index in [1.54, 1.807) is 23.1 Å². The summed E-state index contributed by atoms with van der Waals surface area (Å²) in [5.74, 6) is 0.351. The van der Waals surface area contributed by atoms with Crippen LogP contribution in [0.5, 0.6) is 5.75 Å². The lowest BCUT2D eigenvalue weighted by Gasteiger charge is -2.32. The largest absolute Gasteiger partial charge is 0.496 e. The summed E-state index contributed by atoms with van der Waals surface area (Å²) in [6.07, 6.45) is 1.60. The molecular weight excluding hydrogens is 294 g/mol. The first-order valence-corrected chi connectivity index (χ1v) is 7.04. The van der Waals surface area contributed by atoms with Gasteiger partial charge in [0.05, 0.1) is 12.7 Å². The van der Waals surface area contributed by atoms with Crippen molar-refractivity contribution in [3.63, 3.8) is 0 Å². The molecule has 1 atom stereocenters. The molecule has 0 bridgehead atoms. The number of rotatable bonds is 3. The van der Waals surface area contributed by atoms with E-state index in [1.165, 1.54) is 7.11 Å². The minimum atomic E-state index is -0.162. The van der Waals surface area contributed by atoms with Gasteiger partial charge in [0, 0.05) is 24.0 Å². The molecule has 0 aliphatic carbocycles. The van der Waals surface area contributed by atoms with E-state index < -0.39 is 0 Å². The van der Waals surface area contributed by atoms with Crippen LogP contribution in [0.25, 0.3) is 0 Å². The number of hydrogen-bond acceptors (Lipinski definition) is 4. The lowest BCUT2D eigenvalue weighted by atomic mass is 9.96. The summed E-state index contributed by atoms with van der Waals surface area (Å²) in [6.45, 7) is 1.05. The molecule has 1 saturated heterocycles. The van der Waals surface area contributed by atoms with Gasteiger partial charge in [-0.25, -0.2) is 0 Å². The van der Waals surface area contributed by atoms with Crippen molar-refractivity contribution < 1.29 is 14.7 Å². The molecule has 7 heteroatoms. The second-order valence-electron chi connectivity index (χ2n) is 4.96. The molecule has 1 aromatic rings. The van der Waals surface area contributed by atoms with Crippen LogP contribution in [0.2, 0.25) is 5.02 Å². The number of carbonyl (C=O) groups is 1. The van der Waals surface area contributed by atoms with Gasteiger partial charge in [0.2, 0.25) is 0 Å². The standard InChI is InChI=1S/C14H18ClN3O3/c1-21-12-5-4-10(15)7-11(12)14(19)18-6-2-3-9(8-18)13(16)17-20/h4-5,7,9,20H,2-3,6,8H2,1H3,(H2,16,17). The van der Waals surface area contributed by atoms with E-state index in [0.29, 0.717) is 29.4 Å². The van der Waals surface area contributed by atoms with Gasteiger partial charge in [0.25, 0.3) is 5.91 Å². The van der Waals surface area contributed by atoms with E-state index in [2.05, 4.69) is 5.16 Å². The Kier molecular flexibility index (Phi) is 4.90. The molecule has 6 nitrogen and oxygen atoms in total. The zero-order valence-electron chi connectivity index (χ0n) is 11.8. The van der Waals surface area contributed by atoms with E-state index in [9.17, 15) is 4.79 Å². The summed E-state index contributed by atoms with van der Waals surface area (Å²) in [5.41, 5.74) is 6.07. The van der Waals surface area contributed by atoms with Crippen LogP contribution >= 0.6 is 11.6 Å². The number of piperidine rings is 1. The van der Waals surface area contributed by atoms with Crippen molar-refractivity contribution in [1.82, 2.24) is 4.90 Å². The molecule has 2 rings (SSSR count). The molecule has 1 amide bonds. The Balaban J connectivity index is 2.21. The van der Waals surface area contributed by atoms with Gasteiger partial charge in [0.15, 0.2) is 0 Å². The smallest absolute Gasteiger partial charge is 0.257 e. The average Bonchev–Trinajstić information content (AvgIpc) is 2.53. The van der Waals surface area contributed by atoms with Gasteiger partial charge in [-0.15, -0.1) is 0 Å². The first kappa shape index (κ1) is 15.4. The SMILES string of the molecule is COc1ccc(Cl)cc1C(=O)N1CCCC(C(N)=NO)C1. The van der Waals surface area contributed by atoms with Crippen molar-refractivity contribution in [2.75, 3.05) is 20.2 Å². The lowest BCUT2D eigenvalue weighted by Crippen LogP contribution is -2.44. The minimum Gasteiger partial charge on any atom is -0.496 e. The molecule has 21 heavy (non-hydrogen) atoms. The second-order valence-corrected chi connectivity index (χ2v) is 5.40. The van der Waals surface area contributed by atoms with Crippen LogP contribution in [0.4, 0.5) is 0 Å². The van der Waals surface area contributed by atoms with E-state index in [0.717, 1.165) is 12.8 Å². The molecule has 1 heterocycles. The van der Waals surface area contributed by atoms with Crippen molar-refractivity contribution in [2.24, 2.45) is 16.8 Å². The summed E-state index contributed by atoms with van der Waals surface area (Å²) in [7, 11) is 1.51. The fourth-order valence-corrected chi connectivity index (χ4v) is 2.67. The number of likely N-dealkylation sites (tertiary alicyclic amines) is 1. The van der Waals surface area contributed by atoms with Gasteiger partial charge in [-0.05, 0) is 31.0 Å². The first-order chi connectivity index (χ1) is 10.1. The van der Waals surface area contributed by atoms with Crippen molar-refractivity contribution in [1.29, 1.82) is 0 Å². The lowest BCUT2D eigenvalue weighted by molar-refractivity contribution is 0.0698. The number of amides is 1. The number of amidine groups is 1. The fraction of sp³-hybridized carbons (Fsp3) is 0.429. The molecular formula is C14H18ClN3O3. The zero-order valence-corrected chi connectivity index (χ0v) is 12.5. The molecule has 1 unspecified atom stereocenters. The predicted molar refractivity (Wildman–Crippen MR) is 80.0 cm³/mol. The van der Waals surface area contributed by atoms with Crippen LogP contribution in [0.3, 0.4) is 0 Å². The molecule has 1 aliphatic heterocycles. The maximum atomic E-state index is 12.6. The van der Waals surface area contributed by atoms with E-state index in [-0.39, 0.29) is 17.7 Å². The Morgan fingerprint density at radius 3 is 3.00 bits per heavy atom. The topological polar surface area (TPSA) is 88.2 Å². The molecule has 1 aliphatic rings. The van der Waals surface area contributed by atoms with Gasteiger partial charge in [0.1, 0.15) is 11.6 Å². The number of benzene rings is 1. The first-order valence-electron chi connectivity index (χ1n) is 6.67. The van der Waals surface area contributed by atoms with Crippen molar-refractivity contribution in [3.8, 4) is 5.75 Å². The highest BCUT2D eigenvalue weighted by Gasteiger charge is 2.28. The second kappa shape index (κ2) is 6.67. The Morgan fingerprint density at radius 2 is 2.33 bits per heavy atom. The molecule has 0 spiro atoms. The molecule has 114 valence electrons.